The fraction of sp³-hybridized carbons (Fsp3) is 0.381. The fourth-order valence-corrected chi connectivity index (χ4v) is 2.51. The van der Waals surface area contributed by atoms with E-state index in [0.717, 1.165) is 28.2 Å². The molecule has 0 unspecified atom stereocenters. The number of amides is 1. The van der Waals surface area contributed by atoms with Gasteiger partial charge in [-0.3, -0.25) is 4.79 Å². The molecule has 1 amide bonds. The maximum Gasteiger partial charge on any atom is 0.258 e. The monoisotopic (exact) mass is 341 g/mol. The van der Waals surface area contributed by atoms with E-state index in [-0.39, 0.29) is 18.6 Å². The van der Waals surface area contributed by atoms with Crippen LogP contribution in [0.4, 0.5) is 0 Å². The minimum Gasteiger partial charge on any atom is -0.491 e. The van der Waals surface area contributed by atoms with Crippen molar-refractivity contribution in [2.24, 2.45) is 0 Å². The molecule has 0 aliphatic carbocycles. The molecule has 1 atom stereocenters. The van der Waals surface area contributed by atoms with Crippen LogP contribution < -0.4 is 14.8 Å². The van der Waals surface area contributed by atoms with Gasteiger partial charge in [0.15, 0.2) is 6.61 Å². The molecule has 4 nitrogen and oxygen atoms in total. The smallest absolute Gasteiger partial charge is 0.258 e. The Bertz CT molecular complexity index is 723. The highest BCUT2D eigenvalue weighted by molar-refractivity contribution is 5.77. The number of aryl methyl sites for hydroxylation is 3. The fourth-order valence-electron chi connectivity index (χ4n) is 2.51. The van der Waals surface area contributed by atoms with Crippen LogP contribution in [0.2, 0.25) is 0 Å². The molecule has 2 aromatic rings. The van der Waals surface area contributed by atoms with E-state index in [0.29, 0.717) is 6.61 Å². The average Bonchev–Trinajstić information content (AvgIpc) is 2.56. The Morgan fingerprint density at radius 3 is 2.36 bits per heavy atom. The van der Waals surface area contributed by atoms with Crippen molar-refractivity contribution in [3.8, 4) is 11.5 Å². The van der Waals surface area contributed by atoms with E-state index in [1.54, 1.807) is 0 Å². The van der Waals surface area contributed by atoms with Crippen molar-refractivity contribution in [1.29, 1.82) is 0 Å². The molecule has 4 heteroatoms. The van der Waals surface area contributed by atoms with E-state index in [2.05, 4.69) is 11.4 Å². The molecule has 0 saturated heterocycles. The summed E-state index contributed by atoms with van der Waals surface area (Å²) in [6, 6.07) is 11.8. The third kappa shape index (κ3) is 5.82. The molecule has 2 aromatic carbocycles. The molecule has 0 bridgehead atoms. The zero-order chi connectivity index (χ0) is 18.4. The number of ether oxygens (including phenoxy) is 2. The number of benzene rings is 2. The number of carbonyl (C=O) groups excluding carboxylic acids is 1. The molecule has 0 aromatic heterocycles. The van der Waals surface area contributed by atoms with E-state index in [1.807, 2.05) is 65.0 Å². The van der Waals surface area contributed by atoms with Crippen molar-refractivity contribution in [1.82, 2.24) is 5.32 Å². The van der Waals surface area contributed by atoms with Gasteiger partial charge in [-0.15, -0.1) is 0 Å². The number of nitrogens with one attached hydrogen (secondary N) is 1. The van der Waals surface area contributed by atoms with Gasteiger partial charge in [0, 0.05) is 0 Å². The van der Waals surface area contributed by atoms with Gasteiger partial charge < -0.3 is 14.8 Å². The van der Waals surface area contributed by atoms with E-state index in [9.17, 15) is 4.79 Å². The molecular weight excluding hydrogens is 314 g/mol. The van der Waals surface area contributed by atoms with Crippen LogP contribution in [0.25, 0.3) is 0 Å². The largest absolute Gasteiger partial charge is 0.491 e. The zero-order valence-corrected chi connectivity index (χ0v) is 15.7. The first-order valence-electron chi connectivity index (χ1n) is 8.54. The Balaban J connectivity index is 1.78. The highest BCUT2D eigenvalue weighted by Crippen LogP contribution is 2.23. The first-order chi connectivity index (χ1) is 11.8. The second-order valence-electron chi connectivity index (χ2n) is 6.59. The summed E-state index contributed by atoms with van der Waals surface area (Å²) in [5, 5.41) is 2.89. The maximum absolute atomic E-state index is 12.1. The highest BCUT2D eigenvalue weighted by atomic mass is 16.5. The van der Waals surface area contributed by atoms with Crippen LogP contribution in [-0.4, -0.2) is 25.2 Å². The van der Waals surface area contributed by atoms with Gasteiger partial charge in [0.1, 0.15) is 18.1 Å². The molecule has 0 heterocycles. The quantitative estimate of drug-likeness (QED) is 0.831. The summed E-state index contributed by atoms with van der Waals surface area (Å²) in [6.45, 7) is 10.4. The number of hydrogen-bond donors (Lipinski definition) is 1. The topological polar surface area (TPSA) is 47.6 Å². The predicted octanol–water partition coefficient (Wildman–Crippen LogP) is 3.88. The number of rotatable bonds is 7. The van der Waals surface area contributed by atoms with Gasteiger partial charge >= 0.3 is 0 Å². The SMILES string of the molecule is Cc1ccc(OC[C@H](C)NC(=O)COc2cc(C)cc(C)c2C)cc1. The first kappa shape index (κ1) is 18.8. The Morgan fingerprint density at radius 1 is 1.00 bits per heavy atom. The molecule has 134 valence electrons. The third-order valence-corrected chi connectivity index (χ3v) is 4.05. The van der Waals surface area contributed by atoms with Gasteiger partial charge in [0.05, 0.1) is 6.04 Å². The first-order valence-corrected chi connectivity index (χ1v) is 8.54. The van der Waals surface area contributed by atoms with Gasteiger partial charge in [0.25, 0.3) is 5.91 Å². The molecule has 1 N–H and O–H groups in total. The van der Waals surface area contributed by atoms with Gasteiger partial charge in [0.2, 0.25) is 0 Å². The summed E-state index contributed by atoms with van der Waals surface area (Å²) in [7, 11) is 0. The van der Waals surface area contributed by atoms with Crippen LogP contribution in [0.15, 0.2) is 36.4 Å². The lowest BCUT2D eigenvalue weighted by Crippen LogP contribution is -2.39. The van der Waals surface area contributed by atoms with Crippen LogP contribution >= 0.6 is 0 Å². The summed E-state index contributed by atoms with van der Waals surface area (Å²) in [5.41, 5.74) is 4.54. The van der Waals surface area contributed by atoms with Crippen molar-refractivity contribution in [3.05, 3.63) is 58.7 Å². The van der Waals surface area contributed by atoms with Crippen LogP contribution in [0.1, 0.15) is 29.2 Å². The maximum atomic E-state index is 12.1. The Morgan fingerprint density at radius 2 is 1.68 bits per heavy atom. The third-order valence-electron chi connectivity index (χ3n) is 4.05. The van der Waals surface area contributed by atoms with E-state index in [4.69, 9.17) is 9.47 Å². The van der Waals surface area contributed by atoms with Crippen molar-refractivity contribution in [3.63, 3.8) is 0 Å². The van der Waals surface area contributed by atoms with Crippen LogP contribution in [-0.2, 0) is 4.79 Å². The Labute approximate surface area is 150 Å². The molecular formula is C21H27NO3. The molecule has 2 rings (SSSR count). The van der Waals surface area contributed by atoms with Crippen molar-refractivity contribution < 1.29 is 14.3 Å². The zero-order valence-electron chi connectivity index (χ0n) is 15.7. The molecule has 0 saturated carbocycles. The lowest BCUT2D eigenvalue weighted by molar-refractivity contribution is -0.123. The summed E-state index contributed by atoms with van der Waals surface area (Å²) in [4.78, 5) is 12.1. The van der Waals surface area contributed by atoms with Crippen LogP contribution in [0.5, 0.6) is 11.5 Å². The van der Waals surface area contributed by atoms with Crippen molar-refractivity contribution in [2.75, 3.05) is 13.2 Å². The summed E-state index contributed by atoms with van der Waals surface area (Å²) in [5.74, 6) is 1.41. The normalized spacial score (nSPS) is 11.7. The highest BCUT2D eigenvalue weighted by Gasteiger charge is 2.11. The van der Waals surface area contributed by atoms with Crippen molar-refractivity contribution in [2.45, 2.75) is 40.7 Å². The lowest BCUT2D eigenvalue weighted by atomic mass is 10.1. The number of hydrogen-bond acceptors (Lipinski definition) is 3. The second-order valence-corrected chi connectivity index (χ2v) is 6.59. The summed E-state index contributed by atoms with van der Waals surface area (Å²) >= 11 is 0. The number of carbonyl (C=O) groups is 1. The Hall–Kier alpha value is -2.49. The second kappa shape index (κ2) is 8.56. The molecule has 0 aliphatic heterocycles. The standard InChI is InChI=1S/C21H27NO3/c1-14-6-8-19(9-7-14)24-12-17(4)22-21(23)13-25-20-11-15(2)10-16(3)18(20)5/h6-11,17H,12-13H2,1-5H3,(H,22,23)/t17-/m0/s1. The minimum atomic E-state index is -0.154. The van der Waals surface area contributed by atoms with E-state index >= 15 is 0 Å². The Kier molecular flexibility index (Phi) is 6.45. The van der Waals surface area contributed by atoms with Gasteiger partial charge in [-0.05, 0) is 69.5 Å². The average molecular weight is 341 g/mol. The van der Waals surface area contributed by atoms with E-state index < -0.39 is 0 Å². The summed E-state index contributed by atoms with van der Waals surface area (Å²) < 4.78 is 11.4. The minimum absolute atomic E-state index is 0.00138. The van der Waals surface area contributed by atoms with E-state index in [1.165, 1.54) is 5.56 Å². The summed E-state index contributed by atoms with van der Waals surface area (Å²) in [6.07, 6.45) is 0. The van der Waals surface area contributed by atoms with Gasteiger partial charge in [-0.1, -0.05) is 23.8 Å². The molecule has 0 aliphatic rings. The molecule has 0 fully saturated rings. The molecule has 0 spiro atoms. The van der Waals surface area contributed by atoms with Crippen LogP contribution in [0, 0.1) is 27.7 Å². The van der Waals surface area contributed by atoms with Crippen molar-refractivity contribution >= 4 is 5.91 Å². The van der Waals surface area contributed by atoms with Crippen LogP contribution in [0.3, 0.4) is 0 Å². The molecule has 0 radical (unpaired) electrons. The van der Waals surface area contributed by atoms with Gasteiger partial charge in [-0.2, -0.15) is 0 Å². The van der Waals surface area contributed by atoms with Gasteiger partial charge in [-0.25, -0.2) is 0 Å². The molecule has 25 heavy (non-hydrogen) atoms. The predicted molar refractivity (Wildman–Crippen MR) is 100 cm³/mol. The lowest BCUT2D eigenvalue weighted by Gasteiger charge is -2.16.